The van der Waals surface area contributed by atoms with Crippen LogP contribution in [0, 0.1) is 0 Å². The molecule has 0 unspecified atom stereocenters. The van der Waals surface area contributed by atoms with E-state index in [1.165, 1.54) is 0 Å². The molecule has 0 bridgehead atoms. The fourth-order valence-electron chi connectivity index (χ4n) is 2.99. The quantitative estimate of drug-likeness (QED) is 0.524. The lowest BCUT2D eigenvalue weighted by Crippen LogP contribution is -1.93. The molecular weight excluding hydrogens is 276 g/mol. The molecule has 0 aliphatic heterocycles. The van der Waals surface area contributed by atoms with Gasteiger partial charge < -0.3 is 9.47 Å². The molecule has 108 valence electrons. The lowest BCUT2D eigenvalue weighted by Gasteiger charge is -2.13. The molecule has 0 aliphatic rings. The summed E-state index contributed by atoms with van der Waals surface area (Å²) in [6.07, 6.45) is 3.44. The highest BCUT2D eigenvalue weighted by Crippen LogP contribution is 2.39. The fraction of sp³-hybridized carbons (Fsp3) is 0.111. The molecule has 0 radical (unpaired) electrons. The van der Waals surface area contributed by atoms with Crippen molar-refractivity contribution >= 4 is 32.4 Å². The van der Waals surface area contributed by atoms with E-state index in [1.807, 2.05) is 30.5 Å². The van der Waals surface area contributed by atoms with Crippen molar-refractivity contribution in [3.05, 3.63) is 48.9 Å². The Hall–Kier alpha value is -2.88. The van der Waals surface area contributed by atoms with Gasteiger partial charge in [-0.1, -0.05) is 24.3 Å². The van der Waals surface area contributed by atoms with E-state index in [0.717, 1.165) is 32.4 Å². The van der Waals surface area contributed by atoms with E-state index >= 15 is 0 Å². The topological polar surface area (TPSA) is 44.2 Å². The highest BCUT2D eigenvalue weighted by molar-refractivity contribution is 6.24. The van der Waals surface area contributed by atoms with Gasteiger partial charge in [-0.3, -0.25) is 0 Å². The normalized spacial score (nSPS) is 11.2. The largest absolute Gasteiger partial charge is 0.493 e. The molecular formula is C18H14N2O2. The van der Waals surface area contributed by atoms with E-state index in [4.69, 9.17) is 9.47 Å². The molecule has 0 fully saturated rings. The molecule has 3 aromatic carbocycles. The van der Waals surface area contributed by atoms with Gasteiger partial charge in [-0.15, -0.1) is 0 Å². The van der Waals surface area contributed by atoms with Crippen LogP contribution in [0.3, 0.4) is 0 Å². The van der Waals surface area contributed by atoms with Gasteiger partial charge in [0.25, 0.3) is 0 Å². The second-order valence-corrected chi connectivity index (χ2v) is 5.08. The second kappa shape index (κ2) is 4.84. The number of hydrogen-bond donors (Lipinski definition) is 0. The molecule has 0 atom stereocenters. The Morgan fingerprint density at radius 2 is 1.41 bits per heavy atom. The van der Waals surface area contributed by atoms with Crippen molar-refractivity contribution in [3.8, 4) is 11.5 Å². The number of rotatable bonds is 2. The van der Waals surface area contributed by atoms with Crippen molar-refractivity contribution in [1.82, 2.24) is 9.97 Å². The molecule has 0 saturated heterocycles. The Labute approximate surface area is 127 Å². The van der Waals surface area contributed by atoms with E-state index in [9.17, 15) is 0 Å². The Kier molecular flexibility index (Phi) is 2.82. The molecule has 22 heavy (non-hydrogen) atoms. The van der Waals surface area contributed by atoms with Crippen LogP contribution in [0.1, 0.15) is 0 Å². The minimum absolute atomic E-state index is 0.699. The second-order valence-electron chi connectivity index (χ2n) is 5.08. The standard InChI is InChI=1S/C18H14N2O2/c1-21-16-7-13-11-5-3-4-6-12(11)15-9-19-10-20-18(15)14(13)8-17(16)22-2/h3-10H,1-2H3. The van der Waals surface area contributed by atoms with E-state index in [0.29, 0.717) is 11.5 Å². The van der Waals surface area contributed by atoms with Crippen LogP contribution in [0.5, 0.6) is 11.5 Å². The number of benzene rings is 3. The Morgan fingerprint density at radius 3 is 2.09 bits per heavy atom. The summed E-state index contributed by atoms with van der Waals surface area (Å²) in [6, 6.07) is 12.3. The smallest absolute Gasteiger partial charge is 0.161 e. The number of ether oxygens (including phenoxy) is 2. The monoisotopic (exact) mass is 290 g/mol. The number of methoxy groups -OCH3 is 2. The molecule has 4 rings (SSSR count). The van der Waals surface area contributed by atoms with Gasteiger partial charge in [-0.25, -0.2) is 9.97 Å². The van der Waals surface area contributed by atoms with Crippen LogP contribution in [-0.4, -0.2) is 24.2 Å². The van der Waals surface area contributed by atoms with Crippen molar-refractivity contribution in [2.75, 3.05) is 14.2 Å². The van der Waals surface area contributed by atoms with Crippen LogP contribution in [0.25, 0.3) is 32.4 Å². The van der Waals surface area contributed by atoms with E-state index in [-0.39, 0.29) is 0 Å². The third-order valence-corrected chi connectivity index (χ3v) is 4.00. The molecule has 4 aromatic rings. The van der Waals surface area contributed by atoms with Crippen LogP contribution in [0.2, 0.25) is 0 Å². The van der Waals surface area contributed by atoms with Crippen LogP contribution in [-0.2, 0) is 0 Å². The number of aromatic nitrogens is 2. The summed E-state index contributed by atoms with van der Waals surface area (Å²) in [7, 11) is 3.29. The summed E-state index contributed by atoms with van der Waals surface area (Å²) in [5.74, 6) is 1.42. The van der Waals surface area contributed by atoms with E-state index in [1.54, 1.807) is 20.5 Å². The summed E-state index contributed by atoms with van der Waals surface area (Å²) in [5.41, 5.74) is 0.921. The Bertz CT molecular complexity index is 930. The highest BCUT2D eigenvalue weighted by atomic mass is 16.5. The molecule has 0 N–H and O–H groups in total. The summed E-state index contributed by atoms with van der Waals surface area (Å²) in [5, 5.41) is 5.46. The molecule has 0 amide bonds. The zero-order valence-electron chi connectivity index (χ0n) is 12.3. The lowest BCUT2D eigenvalue weighted by atomic mass is 9.97. The highest BCUT2D eigenvalue weighted by Gasteiger charge is 2.13. The van der Waals surface area contributed by atoms with Crippen molar-refractivity contribution in [3.63, 3.8) is 0 Å². The van der Waals surface area contributed by atoms with Gasteiger partial charge in [-0.05, 0) is 28.3 Å². The van der Waals surface area contributed by atoms with Gasteiger partial charge in [0.05, 0.1) is 19.7 Å². The van der Waals surface area contributed by atoms with Gasteiger partial charge in [0.15, 0.2) is 11.5 Å². The fourth-order valence-corrected chi connectivity index (χ4v) is 2.99. The van der Waals surface area contributed by atoms with Gasteiger partial charge in [0.1, 0.15) is 6.33 Å². The average molecular weight is 290 g/mol. The summed E-state index contributed by atoms with van der Waals surface area (Å²) >= 11 is 0. The minimum Gasteiger partial charge on any atom is -0.493 e. The van der Waals surface area contributed by atoms with E-state index in [2.05, 4.69) is 22.1 Å². The van der Waals surface area contributed by atoms with Crippen molar-refractivity contribution in [1.29, 1.82) is 0 Å². The van der Waals surface area contributed by atoms with Crippen molar-refractivity contribution < 1.29 is 9.47 Å². The first-order valence-electron chi connectivity index (χ1n) is 6.99. The minimum atomic E-state index is 0.699. The zero-order chi connectivity index (χ0) is 15.1. The predicted octanol–water partition coefficient (Wildman–Crippen LogP) is 3.95. The first kappa shape index (κ1) is 12.8. The third-order valence-electron chi connectivity index (χ3n) is 4.00. The maximum atomic E-state index is 5.45. The number of fused-ring (bicyclic) bond motifs is 6. The number of hydrogen-bond acceptors (Lipinski definition) is 4. The lowest BCUT2D eigenvalue weighted by molar-refractivity contribution is 0.356. The third kappa shape index (κ3) is 1.70. The van der Waals surface area contributed by atoms with Crippen LogP contribution >= 0.6 is 0 Å². The Balaban J connectivity index is 2.32. The Morgan fingerprint density at radius 1 is 0.773 bits per heavy atom. The van der Waals surface area contributed by atoms with Gasteiger partial charge >= 0.3 is 0 Å². The first-order valence-corrected chi connectivity index (χ1v) is 6.99. The number of nitrogens with zero attached hydrogens (tertiary/aromatic N) is 2. The van der Waals surface area contributed by atoms with Crippen LogP contribution in [0.4, 0.5) is 0 Å². The van der Waals surface area contributed by atoms with Crippen molar-refractivity contribution in [2.24, 2.45) is 0 Å². The van der Waals surface area contributed by atoms with E-state index < -0.39 is 0 Å². The van der Waals surface area contributed by atoms with Gasteiger partial charge in [-0.2, -0.15) is 0 Å². The molecule has 1 aromatic heterocycles. The van der Waals surface area contributed by atoms with Crippen molar-refractivity contribution in [2.45, 2.75) is 0 Å². The van der Waals surface area contributed by atoms with Crippen LogP contribution in [0.15, 0.2) is 48.9 Å². The van der Waals surface area contributed by atoms with Crippen LogP contribution < -0.4 is 9.47 Å². The maximum absolute atomic E-state index is 5.45. The molecule has 0 saturated carbocycles. The molecule has 1 heterocycles. The summed E-state index contributed by atoms with van der Waals surface area (Å²) in [6.45, 7) is 0. The SMILES string of the molecule is COc1cc2c3ccccc3c3cncnc3c2cc1OC. The molecule has 4 heteroatoms. The maximum Gasteiger partial charge on any atom is 0.161 e. The zero-order valence-corrected chi connectivity index (χ0v) is 12.3. The van der Waals surface area contributed by atoms with Gasteiger partial charge in [0, 0.05) is 17.0 Å². The average Bonchev–Trinajstić information content (AvgIpc) is 2.60. The summed E-state index contributed by atoms with van der Waals surface area (Å²) < 4.78 is 10.9. The van der Waals surface area contributed by atoms with Gasteiger partial charge in [0.2, 0.25) is 0 Å². The predicted molar refractivity (Wildman–Crippen MR) is 87.7 cm³/mol. The molecule has 4 nitrogen and oxygen atoms in total. The molecule has 0 spiro atoms. The molecule has 0 aliphatic carbocycles. The summed E-state index contributed by atoms with van der Waals surface area (Å²) in [4.78, 5) is 8.66. The first-order chi connectivity index (χ1) is 10.8.